The predicted octanol–water partition coefficient (Wildman–Crippen LogP) is 3.32. The SMILES string of the molecule is Cc1cc2[nH]c(=O)n(CCCN3CCC(n4c(=O)[nH]c5ccccc54)CC3)c2cc1C. The number of aromatic nitrogens is 4. The van der Waals surface area contributed by atoms with Gasteiger partial charge in [0.05, 0.1) is 22.1 Å². The Bertz CT molecular complexity index is 1350. The molecule has 2 N–H and O–H groups in total. The molecule has 162 valence electrons. The fraction of sp³-hybridized carbons (Fsp3) is 0.417. The van der Waals surface area contributed by atoms with Crippen molar-refractivity contribution < 1.29 is 0 Å². The van der Waals surface area contributed by atoms with Crippen LogP contribution in [0.5, 0.6) is 0 Å². The molecule has 1 saturated heterocycles. The first kappa shape index (κ1) is 19.9. The molecule has 7 heteroatoms. The average Bonchev–Trinajstić information content (AvgIpc) is 3.24. The van der Waals surface area contributed by atoms with Crippen LogP contribution in [-0.2, 0) is 6.54 Å². The van der Waals surface area contributed by atoms with Crippen LogP contribution in [0.4, 0.5) is 0 Å². The highest BCUT2D eigenvalue weighted by molar-refractivity contribution is 5.77. The molecule has 4 aromatic rings. The van der Waals surface area contributed by atoms with E-state index in [0.717, 1.165) is 61.0 Å². The van der Waals surface area contributed by atoms with E-state index in [1.807, 2.05) is 33.4 Å². The van der Waals surface area contributed by atoms with Crippen molar-refractivity contribution in [2.24, 2.45) is 0 Å². The van der Waals surface area contributed by atoms with Crippen molar-refractivity contribution in [3.8, 4) is 0 Å². The smallest absolute Gasteiger partial charge is 0.306 e. The molecule has 0 bridgehead atoms. The van der Waals surface area contributed by atoms with E-state index in [2.05, 4.69) is 40.8 Å². The van der Waals surface area contributed by atoms with Gasteiger partial charge in [-0.2, -0.15) is 0 Å². The molecule has 1 aliphatic heterocycles. The number of aryl methyl sites for hydroxylation is 3. The van der Waals surface area contributed by atoms with E-state index in [0.29, 0.717) is 6.54 Å². The lowest BCUT2D eigenvalue weighted by molar-refractivity contribution is 0.183. The minimum absolute atomic E-state index is 0.0103. The first-order valence-electron chi connectivity index (χ1n) is 11.1. The highest BCUT2D eigenvalue weighted by atomic mass is 16.1. The van der Waals surface area contributed by atoms with E-state index in [4.69, 9.17) is 0 Å². The third-order valence-electron chi connectivity index (χ3n) is 6.79. The number of nitrogens with one attached hydrogen (secondary N) is 2. The Hall–Kier alpha value is -3.06. The van der Waals surface area contributed by atoms with E-state index >= 15 is 0 Å². The number of piperidine rings is 1. The zero-order valence-corrected chi connectivity index (χ0v) is 18.1. The summed E-state index contributed by atoms with van der Waals surface area (Å²) in [7, 11) is 0. The molecule has 2 aromatic heterocycles. The monoisotopic (exact) mass is 419 g/mol. The normalized spacial score (nSPS) is 15.9. The van der Waals surface area contributed by atoms with Crippen molar-refractivity contribution in [2.75, 3.05) is 19.6 Å². The maximum absolute atomic E-state index is 12.5. The fourth-order valence-corrected chi connectivity index (χ4v) is 4.93. The number of nitrogens with zero attached hydrogens (tertiary/aromatic N) is 3. The molecule has 2 aromatic carbocycles. The fourth-order valence-electron chi connectivity index (χ4n) is 4.93. The molecule has 1 aliphatic rings. The Morgan fingerprint density at radius 1 is 0.871 bits per heavy atom. The standard InChI is InChI=1S/C24H29N5O2/c1-16-14-20-22(15-17(16)2)28(23(30)26-20)11-5-10-27-12-8-18(9-13-27)29-21-7-4-3-6-19(21)25-24(29)31/h3-4,6-7,14-15,18H,5,8-13H2,1-2H3,(H,25,31)(H,26,30). The third-order valence-corrected chi connectivity index (χ3v) is 6.79. The average molecular weight is 420 g/mol. The highest BCUT2D eigenvalue weighted by Gasteiger charge is 2.23. The van der Waals surface area contributed by atoms with Crippen molar-refractivity contribution in [3.05, 3.63) is 68.5 Å². The maximum atomic E-state index is 12.5. The molecule has 1 fully saturated rings. The molecule has 0 atom stereocenters. The summed E-state index contributed by atoms with van der Waals surface area (Å²) in [4.78, 5) is 33.3. The summed E-state index contributed by atoms with van der Waals surface area (Å²) >= 11 is 0. The van der Waals surface area contributed by atoms with Crippen LogP contribution in [0.3, 0.4) is 0 Å². The van der Waals surface area contributed by atoms with Gasteiger partial charge in [0.1, 0.15) is 0 Å². The van der Waals surface area contributed by atoms with Gasteiger partial charge in [-0.25, -0.2) is 9.59 Å². The molecule has 0 unspecified atom stereocenters. The largest absolute Gasteiger partial charge is 0.326 e. The zero-order chi connectivity index (χ0) is 21.5. The molecule has 5 rings (SSSR count). The lowest BCUT2D eigenvalue weighted by Crippen LogP contribution is -2.37. The molecule has 31 heavy (non-hydrogen) atoms. The van der Waals surface area contributed by atoms with Crippen LogP contribution in [-0.4, -0.2) is 43.6 Å². The number of likely N-dealkylation sites (tertiary alicyclic amines) is 1. The summed E-state index contributed by atoms with van der Waals surface area (Å²) in [6.45, 7) is 7.76. The summed E-state index contributed by atoms with van der Waals surface area (Å²) in [5.74, 6) is 0. The number of hydrogen-bond acceptors (Lipinski definition) is 3. The van der Waals surface area contributed by atoms with E-state index < -0.39 is 0 Å². The summed E-state index contributed by atoms with van der Waals surface area (Å²) in [6, 6.07) is 12.3. The number of H-pyrrole nitrogens is 2. The van der Waals surface area contributed by atoms with Crippen molar-refractivity contribution in [2.45, 2.75) is 45.7 Å². The van der Waals surface area contributed by atoms with Crippen LogP contribution in [0.25, 0.3) is 22.1 Å². The zero-order valence-electron chi connectivity index (χ0n) is 18.1. The number of para-hydroxylation sites is 2. The first-order valence-corrected chi connectivity index (χ1v) is 11.1. The number of benzene rings is 2. The highest BCUT2D eigenvalue weighted by Crippen LogP contribution is 2.25. The number of imidazole rings is 2. The van der Waals surface area contributed by atoms with Gasteiger partial charge in [0, 0.05) is 25.7 Å². The van der Waals surface area contributed by atoms with E-state index in [9.17, 15) is 9.59 Å². The van der Waals surface area contributed by atoms with Gasteiger partial charge >= 0.3 is 11.4 Å². The number of hydrogen-bond donors (Lipinski definition) is 2. The summed E-state index contributed by atoms with van der Waals surface area (Å²) in [6.07, 6.45) is 2.86. The second-order valence-corrected chi connectivity index (χ2v) is 8.78. The first-order chi connectivity index (χ1) is 15.0. The molecule has 0 aliphatic carbocycles. The Morgan fingerprint density at radius 3 is 2.39 bits per heavy atom. The molecule has 3 heterocycles. The van der Waals surface area contributed by atoms with Gasteiger partial charge < -0.3 is 14.9 Å². The van der Waals surface area contributed by atoms with Crippen LogP contribution >= 0.6 is 0 Å². The van der Waals surface area contributed by atoms with Crippen LogP contribution < -0.4 is 11.4 Å². The Morgan fingerprint density at radius 2 is 1.58 bits per heavy atom. The van der Waals surface area contributed by atoms with Crippen LogP contribution in [0.15, 0.2) is 46.0 Å². The molecule has 7 nitrogen and oxygen atoms in total. The number of fused-ring (bicyclic) bond motifs is 2. The van der Waals surface area contributed by atoms with Gasteiger partial charge in [0.25, 0.3) is 0 Å². The second kappa shape index (κ2) is 7.89. The van der Waals surface area contributed by atoms with Gasteiger partial charge in [-0.3, -0.25) is 9.13 Å². The molecule has 0 radical (unpaired) electrons. The van der Waals surface area contributed by atoms with E-state index in [1.165, 1.54) is 11.1 Å². The molecular weight excluding hydrogens is 390 g/mol. The molecular formula is C24H29N5O2. The lowest BCUT2D eigenvalue weighted by atomic mass is 10.0. The minimum Gasteiger partial charge on any atom is -0.306 e. The van der Waals surface area contributed by atoms with Crippen molar-refractivity contribution in [1.82, 2.24) is 24.0 Å². The van der Waals surface area contributed by atoms with Crippen molar-refractivity contribution in [3.63, 3.8) is 0 Å². The summed E-state index contributed by atoms with van der Waals surface area (Å²) in [5, 5.41) is 0. The lowest BCUT2D eigenvalue weighted by Gasteiger charge is -2.32. The Labute approximate surface area is 180 Å². The van der Waals surface area contributed by atoms with Gasteiger partial charge in [-0.05, 0) is 75.0 Å². The maximum Gasteiger partial charge on any atom is 0.326 e. The van der Waals surface area contributed by atoms with E-state index in [1.54, 1.807) is 0 Å². The van der Waals surface area contributed by atoms with Gasteiger partial charge in [0.15, 0.2) is 0 Å². The number of rotatable bonds is 5. The van der Waals surface area contributed by atoms with Gasteiger partial charge in [-0.1, -0.05) is 12.1 Å². The Kier molecular flexibility index (Phi) is 5.06. The molecule has 0 spiro atoms. The molecule has 0 saturated carbocycles. The third kappa shape index (κ3) is 3.63. The molecule has 0 amide bonds. The van der Waals surface area contributed by atoms with E-state index in [-0.39, 0.29) is 17.4 Å². The van der Waals surface area contributed by atoms with Crippen LogP contribution in [0.2, 0.25) is 0 Å². The summed E-state index contributed by atoms with van der Waals surface area (Å²) in [5.41, 5.74) is 6.16. The predicted molar refractivity (Wildman–Crippen MR) is 124 cm³/mol. The summed E-state index contributed by atoms with van der Waals surface area (Å²) < 4.78 is 3.79. The quantitative estimate of drug-likeness (QED) is 0.521. The van der Waals surface area contributed by atoms with Crippen molar-refractivity contribution in [1.29, 1.82) is 0 Å². The van der Waals surface area contributed by atoms with Crippen molar-refractivity contribution >= 4 is 22.1 Å². The Balaban J connectivity index is 1.21. The van der Waals surface area contributed by atoms with Gasteiger partial charge in [-0.15, -0.1) is 0 Å². The topological polar surface area (TPSA) is 78.8 Å². The number of aromatic amines is 2. The van der Waals surface area contributed by atoms with Crippen LogP contribution in [0, 0.1) is 13.8 Å². The minimum atomic E-state index is -0.0302. The van der Waals surface area contributed by atoms with Gasteiger partial charge in [0.2, 0.25) is 0 Å². The van der Waals surface area contributed by atoms with Crippen LogP contribution in [0.1, 0.15) is 36.4 Å². The second-order valence-electron chi connectivity index (χ2n) is 8.78.